The van der Waals surface area contributed by atoms with Gasteiger partial charge in [-0.1, -0.05) is 26.0 Å². The fourth-order valence-electron chi connectivity index (χ4n) is 3.28. The predicted molar refractivity (Wildman–Crippen MR) is 102 cm³/mol. The van der Waals surface area contributed by atoms with Gasteiger partial charge < -0.3 is 15.2 Å². The lowest BCUT2D eigenvalue weighted by Gasteiger charge is -2.23. The van der Waals surface area contributed by atoms with Gasteiger partial charge in [0.2, 0.25) is 0 Å². The zero-order valence-electron chi connectivity index (χ0n) is 15.4. The average molecular weight is 371 g/mol. The number of aliphatic hydroxyl groups excluding tert-OH is 1. The molecule has 1 saturated heterocycles. The zero-order valence-corrected chi connectivity index (χ0v) is 16.2. The number of carbonyl (C=O) groups excluding carboxylic acids is 1. The lowest BCUT2D eigenvalue weighted by molar-refractivity contribution is 0.0924. The SMILES string of the molecule is CCOCCN1C[C@H](NC(=O)c2ccc(CO)cc2)[C@@H](C(C)C)C1.Cl. The molecule has 0 unspecified atom stereocenters. The van der Waals surface area contributed by atoms with Gasteiger partial charge in [0.1, 0.15) is 0 Å². The first-order valence-electron chi connectivity index (χ1n) is 8.85. The van der Waals surface area contributed by atoms with Crippen LogP contribution < -0.4 is 5.32 Å². The Labute approximate surface area is 157 Å². The third kappa shape index (κ3) is 6.26. The van der Waals surface area contributed by atoms with Crippen molar-refractivity contribution in [2.45, 2.75) is 33.4 Å². The van der Waals surface area contributed by atoms with E-state index in [1.54, 1.807) is 24.3 Å². The molecule has 1 aromatic rings. The average Bonchev–Trinajstić information content (AvgIpc) is 2.98. The number of nitrogens with zero attached hydrogens (tertiary/aromatic N) is 1. The van der Waals surface area contributed by atoms with Crippen molar-refractivity contribution in [2.75, 3.05) is 32.8 Å². The number of hydrogen-bond acceptors (Lipinski definition) is 4. The first-order valence-corrected chi connectivity index (χ1v) is 8.85. The minimum atomic E-state index is -0.0400. The Hall–Kier alpha value is -1.14. The summed E-state index contributed by atoms with van der Waals surface area (Å²) < 4.78 is 5.45. The van der Waals surface area contributed by atoms with Crippen molar-refractivity contribution in [3.63, 3.8) is 0 Å². The fraction of sp³-hybridized carbons (Fsp3) is 0.632. The second-order valence-corrected chi connectivity index (χ2v) is 6.80. The van der Waals surface area contributed by atoms with Crippen molar-refractivity contribution in [1.82, 2.24) is 10.2 Å². The largest absolute Gasteiger partial charge is 0.392 e. The Kier molecular flexibility index (Phi) is 9.43. The van der Waals surface area contributed by atoms with Crippen molar-refractivity contribution in [3.8, 4) is 0 Å². The highest BCUT2D eigenvalue weighted by molar-refractivity contribution is 5.94. The minimum Gasteiger partial charge on any atom is -0.392 e. The predicted octanol–water partition coefficient (Wildman–Crippen LogP) is 2.32. The third-order valence-electron chi connectivity index (χ3n) is 4.77. The quantitative estimate of drug-likeness (QED) is 0.689. The molecule has 0 bridgehead atoms. The van der Waals surface area contributed by atoms with Crippen LogP contribution in [-0.4, -0.2) is 54.8 Å². The van der Waals surface area contributed by atoms with E-state index in [2.05, 4.69) is 24.1 Å². The maximum absolute atomic E-state index is 12.5. The van der Waals surface area contributed by atoms with Gasteiger partial charge >= 0.3 is 0 Å². The number of amides is 1. The monoisotopic (exact) mass is 370 g/mol. The van der Waals surface area contributed by atoms with E-state index in [0.717, 1.165) is 38.4 Å². The standard InChI is InChI=1S/C19H30N2O3.ClH/c1-4-24-10-9-21-11-17(14(2)3)18(12-21)20-19(23)16-7-5-15(13-22)6-8-16;/h5-8,14,17-18,22H,4,9-13H2,1-3H3,(H,20,23);1H/t17-,18+;/m1./s1. The second kappa shape index (κ2) is 10.8. The number of hydrogen-bond donors (Lipinski definition) is 2. The van der Waals surface area contributed by atoms with E-state index in [1.807, 2.05) is 6.92 Å². The molecule has 6 heteroatoms. The molecule has 0 aliphatic carbocycles. The lowest BCUT2D eigenvalue weighted by atomic mass is 9.91. The maximum atomic E-state index is 12.5. The summed E-state index contributed by atoms with van der Waals surface area (Å²) in [5, 5.41) is 12.3. The van der Waals surface area contributed by atoms with E-state index < -0.39 is 0 Å². The van der Waals surface area contributed by atoms with Crippen LogP contribution in [0, 0.1) is 11.8 Å². The van der Waals surface area contributed by atoms with E-state index in [1.165, 1.54) is 0 Å². The molecular formula is C19H31ClN2O3. The summed E-state index contributed by atoms with van der Waals surface area (Å²) in [6, 6.07) is 7.28. The van der Waals surface area contributed by atoms with Crippen LogP contribution >= 0.6 is 12.4 Å². The van der Waals surface area contributed by atoms with E-state index in [4.69, 9.17) is 9.84 Å². The Morgan fingerprint density at radius 3 is 2.56 bits per heavy atom. The molecule has 1 aliphatic rings. The van der Waals surface area contributed by atoms with E-state index >= 15 is 0 Å². The summed E-state index contributed by atoms with van der Waals surface area (Å²) in [6.07, 6.45) is 0. The summed E-state index contributed by atoms with van der Waals surface area (Å²) in [6.45, 7) is 10.7. The number of carbonyl (C=O) groups is 1. The number of likely N-dealkylation sites (tertiary alicyclic amines) is 1. The van der Waals surface area contributed by atoms with Crippen LogP contribution in [0.15, 0.2) is 24.3 Å². The third-order valence-corrected chi connectivity index (χ3v) is 4.77. The fourth-order valence-corrected chi connectivity index (χ4v) is 3.28. The van der Waals surface area contributed by atoms with E-state index in [9.17, 15) is 4.79 Å². The molecule has 5 nitrogen and oxygen atoms in total. The van der Waals surface area contributed by atoms with Crippen LogP contribution in [0.3, 0.4) is 0 Å². The molecule has 0 spiro atoms. The van der Waals surface area contributed by atoms with Gasteiger partial charge in [-0.15, -0.1) is 12.4 Å². The number of aliphatic hydroxyl groups is 1. The number of ether oxygens (including phenoxy) is 1. The van der Waals surface area contributed by atoms with E-state index in [0.29, 0.717) is 17.4 Å². The highest BCUT2D eigenvalue weighted by Gasteiger charge is 2.35. The molecule has 1 heterocycles. The van der Waals surface area contributed by atoms with Gasteiger partial charge in [0, 0.05) is 37.8 Å². The number of rotatable bonds is 8. The Morgan fingerprint density at radius 1 is 1.32 bits per heavy atom. The van der Waals surface area contributed by atoms with Crippen LogP contribution in [0.5, 0.6) is 0 Å². The van der Waals surface area contributed by atoms with Gasteiger partial charge in [-0.3, -0.25) is 9.69 Å². The highest BCUT2D eigenvalue weighted by atomic mass is 35.5. The summed E-state index contributed by atoms with van der Waals surface area (Å²) in [4.78, 5) is 14.9. The van der Waals surface area contributed by atoms with Crippen LogP contribution in [-0.2, 0) is 11.3 Å². The van der Waals surface area contributed by atoms with Gasteiger partial charge in [-0.2, -0.15) is 0 Å². The lowest BCUT2D eigenvalue weighted by Crippen LogP contribution is -2.42. The molecule has 1 fully saturated rings. The van der Waals surface area contributed by atoms with Crippen molar-refractivity contribution in [2.24, 2.45) is 11.8 Å². The first-order chi connectivity index (χ1) is 11.5. The van der Waals surface area contributed by atoms with Crippen molar-refractivity contribution in [3.05, 3.63) is 35.4 Å². The van der Waals surface area contributed by atoms with Crippen molar-refractivity contribution < 1.29 is 14.6 Å². The van der Waals surface area contributed by atoms with Gasteiger partial charge in [-0.25, -0.2) is 0 Å². The molecule has 2 atom stereocenters. The van der Waals surface area contributed by atoms with Crippen LogP contribution in [0.1, 0.15) is 36.7 Å². The smallest absolute Gasteiger partial charge is 0.251 e. The van der Waals surface area contributed by atoms with Gasteiger partial charge in [0.15, 0.2) is 0 Å². The molecule has 0 radical (unpaired) electrons. The first kappa shape index (κ1) is 21.9. The Balaban J connectivity index is 0.00000312. The summed E-state index contributed by atoms with van der Waals surface area (Å²) in [5.41, 5.74) is 1.46. The molecule has 2 N–H and O–H groups in total. The van der Waals surface area contributed by atoms with Gasteiger partial charge in [-0.05, 0) is 36.5 Å². The summed E-state index contributed by atoms with van der Waals surface area (Å²) in [5.74, 6) is 0.929. The highest BCUT2D eigenvalue weighted by Crippen LogP contribution is 2.24. The molecule has 1 aliphatic heterocycles. The van der Waals surface area contributed by atoms with Crippen LogP contribution in [0.25, 0.3) is 0 Å². The molecule has 1 amide bonds. The van der Waals surface area contributed by atoms with Gasteiger partial charge in [0.05, 0.1) is 13.2 Å². The molecule has 25 heavy (non-hydrogen) atoms. The number of halogens is 1. The molecule has 1 aromatic carbocycles. The molecule has 142 valence electrons. The molecule has 0 saturated carbocycles. The van der Waals surface area contributed by atoms with Gasteiger partial charge in [0.25, 0.3) is 5.91 Å². The number of nitrogens with one attached hydrogen (secondary N) is 1. The van der Waals surface area contributed by atoms with Crippen molar-refractivity contribution in [1.29, 1.82) is 0 Å². The van der Waals surface area contributed by atoms with Crippen LogP contribution in [0.2, 0.25) is 0 Å². The Bertz CT molecular complexity index is 522. The summed E-state index contributed by atoms with van der Waals surface area (Å²) in [7, 11) is 0. The van der Waals surface area contributed by atoms with Crippen LogP contribution in [0.4, 0.5) is 0 Å². The summed E-state index contributed by atoms with van der Waals surface area (Å²) >= 11 is 0. The normalized spacial score (nSPS) is 20.5. The maximum Gasteiger partial charge on any atom is 0.251 e. The number of benzene rings is 1. The Morgan fingerprint density at radius 2 is 2.00 bits per heavy atom. The minimum absolute atomic E-state index is 0. The van der Waals surface area contributed by atoms with Crippen molar-refractivity contribution >= 4 is 18.3 Å². The van der Waals surface area contributed by atoms with E-state index in [-0.39, 0.29) is 31.0 Å². The second-order valence-electron chi connectivity index (χ2n) is 6.80. The topological polar surface area (TPSA) is 61.8 Å². The zero-order chi connectivity index (χ0) is 17.5. The molecule has 0 aromatic heterocycles. The molecular weight excluding hydrogens is 340 g/mol. The molecule has 2 rings (SSSR count).